The summed E-state index contributed by atoms with van der Waals surface area (Å²) in [5.74, 6) is 0.576. The molecule has 0 aromatic carbocycles. The summed E-state index contributed by atoms with van der Waals surface area (Å²) < 4.78 is 18.7. The average Bonchev–Trinajstić information content (AvgIpc) is 3.54. The number of ether oxygens (including phenoxy) is 3. The highest BCUT2D eigenvalue weighted by Gasteiger charge is 2.72. The van der Waals surface area contributed by atoms with Gasteiger partial charge in [0.2, 0.25) is 0 Å². The SMILES string of the molecule is C=C(C)[C@@H]1CC[C@]2(C(=O)O)CC[C@]3(C)C(CCC4[C@@]5(C)CC[C@H](O[C@H](C)[C@H](O[C@@H]6O[C@@H](C)[C@H](O)[C@@H](O)[C@H]6O)[C@@H](O)[C@@H](O)CC)[C@@](C)(CO)C5CC[C@]43C)C12. The average molecular weight is 765 g/mol. The van der Waals surface area contributed by atoms with Crippen molar-refractivity contribution in [3.8, 4) is 0 Å². The maximum atomic E-state index is 13.1. The zero-order valence-electron chi connectivity index (χ0n) is 34.1. The van der Waals surface area contributed by atoms with Crippen molar-refractivity contribution < 1.29 is 54.8 Å². The van der Waals surface area contributed by atoms with Crippen LogP contribution in [0.2, 0.25) is 0 Å². The number of rotatable bonds is 11. The first kappa shape index (κ1) is 42.5. The summed E-state index contributed by atoms with van der Waals surface area (Å²) in [4.78, 5) is 13.1. The molecule has 0 aromatic rings. The quantitative estimate of drug-likeness (QED) is 0.143. The van der Waals surface area contributed by atoms with Crippen molar-refractivity contribution >= 4 is 5.97 Å². The monoisotopic (exact) mass is 765 g/mol. The molecule has 0 spiro atoms. The van der Waals surface area contributed by atoms with Crippen LogP contribution in [0.5, 0.6) is 0 Å². The summed E-state index contributed by atoms with van der Waals surface area (Å²) in [6, 6.07) is 0. The lowest BCUT2D eigenvalue weighted by Gasteiger charge is -2.73. The number of aliphatic hydroxyl groups is 6. The fraction of sp³-hybridized carbons (Fsp3) is 0.930. The highest BCUT2D eigenvalue weighted by molar-refractivity contribution is 5.76. The molecule has 1 saturated heterocycles. The van der Waals surface area contributed by atoms with Crippen LogP contribution in [0.3, 0.4) is 0 Å². The zero-order chi connectivity index (χ0) is 39.9. The lowest BCUT2D eigenvalue weighted by molar-refractivity contribution is -0.326. The number of aliphatic hydroxyl groups excluding tert-OH is 6. The topological polar surface area (TPSA) is 186 Å². The van der Waals surface area contributed by atoms with Crippen molar-refractivity contribution in [3.05, 3.63) is 12.2 Å². The van der Waals surface area contributed by atoms with Crippen LogP contribution in [0.15, 0.2) is 12.2 Å². The van der Waals surface area contributed by atoms with Gasteiger partial charge in [-0.3, -0.25) is 4.79 Å². The number of allylic oxidation sites excluding steroid dienone is 1. The molecule has 7 N–H and O–H groups in total. The molecule has 5 aliphatic carbocycles. The minimum atomic E-state index is -1.59. The number of carbonyl (C=O) groups is 1. The van der Waals surface area contributed by atoms with E-state index >= 15 is 0 Å². The van der Waals surface area contributed by atoms with E-state index in [1.54, 1.807) is 20.8 Å². The maximum Gasteiger partial charge on any atom is 0.309 e. The zero-order valence-corrected chi connectivity index (χ0v) is 34.1. The smallest absolute Gasteiger partial charge is 0.309 e. The number of hydrogen-bond acceptors (Lipinski definition) is 10. The van der Waals surface area contributed by atoms with E-state index in [-0.39, 0.29) is 47.0 Å². The van der Waals surface area contributed by atoms with Crippen LogP contribution in [-0.4, -0.2) is 110 Å². The summed E-state index contributed by atoms with van der Waals surface area (Å²) >= 11 is 0. The number of fused-ring (bicyclic) bond motifs is 7. The first-order valence-electron chi connectivity index (χ1n) is 21.0. The maximum absolute atomic E-state index is 13.1. The van der Waals surface area contributed by atoms with Gasteiger partial charge in [-0.1, -0.05) is 46.8 Å². The second-order valence-electron chi connectivity index (χ2n) is 19.9. The van der Waals surface area contributed by atoms with Crippen molar-refractivity contribution in [1.29, 1.82) is 0 Å². The largest absolute Gasteiger partial charge is 0.481 e. The Balaban J connectivity index is 1.25. The van der Waals surface area contributed by atoms with Crippen molar-refractivity contribution in [2.24, 2.45) is 56.7 Å². The third-order valence-corrected chi connectivity index (χ3v) is 17.7. The van der Waals surface area contributed by atoms with Crippen molar-refractivity contribution in [3.63, 3.8) is 0 Å². The number of aliphatic carboxylic acids is 1. The highest BCUT2D eigenvalue weighted by atomic mass is 16.7. The van der Waals surface area contributed by atoms with Gasteiger partial charge in [-0.15, -0.1) is 0 Å². The van der Waals surface area contributed by atoms with Gasteiger partial charge in [-0.2, -0.15) is 0 Å². The van der Waals surface area contributed by atoms with E-state index in [1.165, 1.54) is 0 Å². The Morgan fingerprint density at radius 3 is 2.17 bits per heavy atom. The van der Waals surface area contributed by atoms with Gasteiger partial charge >= 0.3 is 5.97 Å². The van der Waals surface area contributed by atoms with Crippen LogP contribution < -0.4 is 0 Å². The van der Waals surface area contributed by atoms with E-state index in [0.29, 0.717) is 18.3 Å². The molecular weight excluding hydrogens is 692 g/mol. The molecule has 54 heavy (non-hydrogen) atoms. The third kappa shape index (κ3) is 6.19. The standard InChI is InChI=1S/C43H72O11/c1-10-27(45)33(47)36(54-37-35(49)34(48)32(46)23(4)53-37)24(5)52-30-15-16-39(6)28(40(30,7)21-44)14-17-42(9)29(39)12-11-26-31-25(22(2)3)13-18-43(31,38(50)51)20-19-41(26,42)8/h23-37,44-49H,2,10-21H2,1,3-9H3,(H,50,51)/t23-,24+,25-,26?,27-,28?,29?,30-,31?,32-,33-,34+,35+,36-,37-,39-,40-,41+,42+,43-/m0/s1. The molecule has 6 rings (SSSR count). The molecule has 1 heterocycles. The molecule has 6 fully saturated rings. The van der Waals surface area contributed by atoms with Crippen LogP contribution in [0, 0.1) is 56.7 Å². The summed E-state index contributed by atoms with van der Waals surface area (Å²) in [7, 11) is 0. The fourth-order valence-corrected chi connectivity index (χ4v) is 14.3. The van der Waals surface area contributed by atoms with E-state index in [1.807, 2.05) is 0 Å². The molecule has 0 aromatic heterocycles. The lowest BCUT2D eigenvalue weighted by Crippen LogP contribution is -2.68. The molecule has 6 aliphatic rings. The van der Waals surface area contributed by atoms with E-state index in [4.69, 9.17) is 14.2 Å². The number of carboxylic acids is 1. The second-order valence-corrected chi connectivity index (χ2v) is 19.9. The van der Waals surface area contributed by atoms with Crippen molar-refractivity contribution in [2.45, 2.75) is 187 Å². The van der Waals surface area contributed by atoms with E-state index in [9.17, 15) is 40.5 Å². The molecule has 11 nitrogen and oxygen atoms in total. The van der Waals surface area contributed by atoms with Gasteiger partial charge in [0.15, 0.2) is 6.29 Å². The predicted octanol–water partition coefficient (Wildman–Crippen LogP) is 4.82. The van der Waals surface area contributed by atoms with E-state index in [0.717, 1.165) is 63.4 Å². The van der Waals surface area contributed by atoms with Crippen molar-refractivity contribution in [1.82, 2.24) is 0 Å². The van der Waals surface area contributed by atoms with Crippen LogP contribution in [0.1, 0.15) is 126 Å². The molecule has 0 radical (unpaired) electrons. The van der Waals surface area contributed by atoms with Gasteiger partial charge < -0.3 is 50.0 Å². The normalized spacial score (nSPS) is 51.1. The second kappa shape index (κ2) is 14.9. The van der Waals surface area contributed by atoms with Gasteiger partial charge in [0, 0.05) is 5.41 Å². The summed E-state index contributed by atoms with van der Waals surface area (Å²) in [5, 5.41) is 75.6. The first-order valence-corrected chi connectivity index (χ1v) is 21.0. The lowest BCUT2D eigenvalue weighted by atomic mass is 9.32. The minimum Gasteiger partial charge on any atom is -0.481 e. The fourth-order valence-electron chi connectivity index (χ4n) is 14.3. The predicted molar refractivity (Wildman–Crippen MR) is 202 cm³/mol. The highest BCUT2D eigenvalue weighted by Crippen LogP contribution is 2.77. The van der Waals surface area contributed by atoms with Gasteiger partial charge in [-0.25, -0.2) is 0 Å². The summed E-state index contributed by atoms with van der Waals surface area (Å²) in [5.41, 5.74) is -0.275. The van der Waals surface area contributed by atoms with E-state index in [2.05, 4.69) is 41.2 Å². The third-order valence-electron chi connectivity index (χ3n) is 17.7. The van der Waals surface area contributed by atoms with Gasteiger partial charge in [0.25, 0.3) is 0 Å². The Morgan fingerprint density at radius 2 is 1.56 bits per heavy atom. The van der Waals surface area contributed by atoms with Crippen molar-refractivity contribution in [2.75, 3.05) is 6.61 Å². The van der Waals surface area contributed by atoms with E-state index < -0.39 is 78.0 Å². The molecular formula is C43H72O11. The molecule has 0 amide bonds. The van der Waals surface area contributed by atoms with Crippen LogP contribution in [0.4, 0.5) is 0 Å². The Kier molecular flexibility index (Phi) is 11.7. The Bertz CT molecular complexity index is 1390. The first-order chi connectivity index (χ1) is 25.2. The van der Waals surface area contributed by atoms with Crippen LogP contribution >= 0.6 is 0 Å². The molecule has 310 valence electrons. The van der Waals surface area contributed by atoms with Gasteiger partial charge in [-0.05, 0) is 137 Å². The van der Waals surface area contributed by atoms with Crippen LogP contribution in [-0.2, 0) is 19.0 Å². The number of hydrogen-bond donors (Lipinski definition) is 7. The summed E-state index contributed by atoms with van der Waals surface area (Å²) in [6.07, 6.45) is -2.54. The summed E-state index contributed by atoms with van der Waals surface area (Å²) in [6.45, 7) is 21.0. The molecule has 1 aliphatic heterocycles. The molecule has 0 bridgehead atoms. The Labute approximate surface area is 322 Å². The Morgan fingerprint density at radius 1 is 0.870 bits per heavy atom. The Hall–Kier alpha value is -1.15. The molecule has 5 saturated carbocycles. The van der Waals surface area contributed by atoms with Crippen LogP contribution in [0.25, 0.3) is 0 Å². The van der Waals surface area contributed by atoms with Gasteiger partial charge in [0.05, 0.1) is 36.4 Å². The van der Waals surface area contributed by atoms with Gasteiger partial charge in [0.1, 0.15) is 30.5 Å². The molecule has 4 unspecified atom stereocenters. The molecule has 11 heteroatoms. The minimum absolute atomic E-state index is 0.000837. The number of carboxylic acid groups (broad SMARTS) is 1. The molecule has 20 atom stereocenters.